The summed E-state index contributed by atoms with van der Waals surface area (Å²) in [6.45, 7) is 6.37. The van der Waals surface area contributed by atoms with Crippen molar-refractivity contribution in [2.45, 2.75) is 26.8 Å². The Labute approximate surface area is 121 Å². The molecular weight excluding hydrogens is 308 g/mol. The number of hydrogen-bond donors (Lipinski definition) is 1. The number of rotatable bonds is 3. The van der Waals surface area contributed by atoms with E-state index < -0.39 is 0 Å². The zero-order valence-corrected chi connectivity index (χ0v) is 13.4. The summed E-state index contributed by atoms with van der Waals surface area (Å²) in [5, 5.41) is 4.38. The molecule has 4 heteroatoms. The molecule has 0 aliphatic heterocycles. The first-order chi connectivity index (χ1) is 8.52. The highest BCUT2D eigenvalue weighted by Gasteiger charge is 2.14. The molecule has 0 saturated heterocycles. The fourth-order valence-corrected chi connectivity index (χ4v) is 3.62. The number of aromatic nitrogens is 1. The van der Waals surface area contributed by atoms with Gasteiger partial charge in [0.25, 0.3) is 0 Å². The molecule has 2 nitrogen and oxygen atoms in total. The Balaban J connectivity index is 2.45. The number of benzene rings is 1. The van der Waals surface area contributed by atoms with Crippen LogP contribution in [0.25, 0.3) is 10.6 Å². The molecule has 1 N–H and O–H groups in total. The van der Waals surface area contributed by atoms with Gasteiger partial charge in [-0.15, -0.1) is 11.3 Å². The zero-order valence-electron chi connectivity index (χ0n) is 11.0. The number of thiazole rings is 1. The molecule has 0 amide bonds. The molecule has 2 rings (SSSR count). The van der Waals surface area contributed by atoms with Gasteiger partial charge in [-0.05, 0) is 45.5 Å². The van der Waals surface area contributed by atoms with Gasteiger partial charge in [0.05, 0.1) is 5.69 Å². The minimum absolute atomic E-state index is 0.354. The van der Waals surface area contributed by atoms with Gasteiger partial charge < -0.3 is 5.32 Å². The predicted octanol–water partition coefficient (Wildman–Crippen LogP) is 4.47. The van der Waals surface area contributed by atoms with Crippen LogP contribution in [0.3, 0.4) is 0 Å². The van der Waals surface area contributed by atoms with Gasteiger partial charge in [-0.3, -0.25) is 0 Å². The van der Waals surface area contributed by atoms with E-state index in [4.69, 9.17) is 4.98 Å². The molecule has 1 atom stereocenters. The van der Waals surface area contributed by atoms with E-state index in [1.165, 1.54) is 16.0 Å². The monoisotopic (exact) mass is 324 g/mol. The summed E-state index contributed by atoms with van der Waals surface area (Å²) in [6, 6.07) is 6.69. The third-order valence-electron chi connectivity index (χ3n) is 3.08. The second-order valence-electron chi connectivity index (χ2n) is 4.44. The van der Waals surface area contributed by atoms with Crippen LogP contribution in [0.5, 0.6) is 0 Å². The van der Waals surface area contributed by atoms with Gasteiger partial charge >= 0.3 is 0 Å². The molecule has 96 valence electrons. The highest BCUT2D eigenvalue weighted by Crippen LogP contribution is 2.34. The van der Waals surface area contributed by atoms with Crippen LogP contribution in [-0.2, 0) is 0 Å². The maximum atomic E-state index is 4.70. The summed E-state index contributed by atoms with van der Waals surface area (Å²) in [4.78, 5) is 6.02. The first-order valence-electron chi connectivity index (χ1n) is 5.94. The second-order valence-corrected chi connectivity index (χ2v) is 6.38. The molecule has 0 spiro atoms. The summed E-state index contributed by atoms with van der Waals surface area (Å²) in [6.07, 6.45) is 0. The third-order valence-corrected chi connectivity index (χ3v) is 4.94. The van der Waals surface area contributed by atoms with Crippen LogP contribution in [0.15, 0.2) is 22.7 Å². The van der Waals surface area contributed by atoms with Crippen LogP contribution >= 0.6 is 27.3 Å². The standard InChI is InChI=1S/C14H17BrN2S/c1-8-7-11(15)5-6-12(8)14-17-10(3)13(18-14)9(2)16-4/h5-7,9,16H,1-4H3. The van der Waals surface area contributed by atoms with Crippen LogP contribution in [0, 0.1) is 13.8 Å². The van der Waals surface area contributed by atoms with Crippen molar-refractivity contribution >= 4 is 27.3 Å². The van der Waals surface area contributed by atoms with Gasteiger partial charge in [0, 0.05) is 21.0 Å². The Hall–Kier alpha value is -0.710. The quantitative estimate of drug-likeness (QED) is 0.900. The molecule has 0 saturated carbocycles. The van der Waals surface area contributed by atoms with Crippen molar-refractivity contribution in [2.24, 2.45) is 0 Å². The molecule has 0 aliphatic carbocycles. The van der Waals surface area contributed by atoms with Crippen LogP contribution in [0.1, 0.15) is 29.1 Å². The van der Waals surface area contributed by atoms with Crippen molar-refractivity contribution < 1.29 is 0 Å². The predicted molar refractivity (Wildman–Crippen MR) is 82.2 cm³/mol. The number of nitrogens with zero attached hydrogens (tertiary/aromatic N) is 1. The minimum Gasteiger partial charge on any atom is -0.312 e. The molecular formula is C14H17BrN2S. The number of halogens is 1. The van der Waals surface area contributed by atoms with Crippen LogP contribution in [-0.4, -0.2) is 12.0 Å². The van der Waals surface area contributed by atoms with E-state index in [2.05, 4.69) is 60.2 Å². The highest BCUT2D eigenvalue weighted by atomic mass is 79.9. The maximum absolute atomic E-state index is 4.70. The highest BCUT2D eigenvalue weighted by molar-refractivity contribution is 9.10. The van der Waals surface area contributed by atoms with Crippen molar-refractivity contribution in [3.63, 3.8) is 0 Å². The zero-order chi connectivity index (χ0) is 13.3. The van der Waals surface area contributed by atoms with Gasteiger partial charge in [-0.25, -0.2) is 4.98 Å². The summed E-state index contributed by atoms with van der Waals surface area (Å²) in [7, 11) is 1.98. The maximum Gasteiger partial charge on any atom is 0.124 e. The number of hydrogen-bond acceptors (Lipinski definition) is 3. The lowest BCUT2D eigenvalue weighted by atomic mass is 10.1. The lowest BCUT2D eigenvalue weighted by molar-refractivity contribution is 0.658. The topological polar surface area (TPSA) is 24.9 Å². The van der Waals surface area contributed by atoms with Crippen LogP contribution in [0.4, 0.5) is 0 Å². The SMILES string of the molecule is CNC(C)c1sc(-c2ccc(Br)cc2C)nc1C. The average Bonchev–Trinajstić information content (AvgIpc) is 2.70. The molecule has 1 unspecified atom stereocenters. The molecule has 0 bridgehead atoms. The molecule has 1 aromatic carbocycles. The van der Waals surface area contributed by atoms with Gasteiger partial charge in [-0.2, -0.15) is 0 Å². The smallest absolute Gasteiger partial charge is 0.124 e. The Morgan fingerprint density at radius 1 is 1.33 bits per heavy atom. The molecule has 0 fully saturated rings. The lowest BCUT2D eigenvalue weighted by Gasteiger charge is -2.07. The molecule has 1 heterocycles. The van der Waals surface area contributed by atoms with E-state index in [0.717, 1.165) is 15.2 Å². The molecule has 2 aromatic rings. The Morgan fingerprint density at radius 2 is 2.06 bits per heavy atom. The van der Waals surface area contributed by atoms with Gasteiger partial charge in [0.15, 0.2) is 0 Å². The molecule has 0 radical (unpaired) electrons. The van der Waals surface area contributed by atoms with Gasteiger partial charge in [0.2, 0.25) is 0 Å². The fraction of sp³-hybridized carbons (Fsp3) is 0.357. The first kappa shape index (κ1) is 13.7. The largest absolute Gasteiger partial charge is 0.312 e. The van der Waals surface area contributed by atoms with Crippen molar-refractivity contribution in [1.29, 1.82) is 0 Å². The van der Waals surface area contributed by atoms with Crippen molar-refractivity contribution in [3.8, 4) is 10.6 Å². The summed E-state index contributed by atoms with van der Waals surface area (Å²) < 4.78 is 1.11. The van der Waals surface area contributed by atoms with E-state index in [9.17, 15) is 0 Å². The van der Waals surface area contributed by atoms with Gasteiger partial charge in [-0.1, -0.05) is 22.0 Å². The van der Waals surface area contributed by atoms with Crippen molar-refractivity contribution in [1.82, 2.24) is 10.3 Å². The van der Waals surface area contributed by atoms with Gasteiger partial charge in [0.1, 0.15) is 5.01 Å². The van der Waals surface area contributed by atoms with Crippen LogP contribution in [0.2, 0.25) is 0 Å². The van der Waals surface area contributed by atoms with Crippen molar-refractivity contribution in [3.05, 3.63) is 38.8 Å². The summed E-state index contributed by atoms with van der Waals surface area (Å²) in [5.74, 6) is 0. The fourth-order valence-electron chi connectivity index (χ4n) is 1.92. The van der Waals surface area contributed by atoms with E-state index in [0.29, 0.717) is 6.04 Å². The molecule has 18 heavy (non-hydrogen) atoms. The Bertz CT molecular complexity index is 563. The third kappa shape index (κ3) is 2.66. The van der Waals surface area contributed by atoms with E-state index >= 15 is 0 Å². The normalized spacial score (nSPS) is 12.7. The second kappa shape index (κ2) is 5.51. The van der Waals surface area contributed by atoms with E-state index in [1.807, 2.05) is 7.05 Å². The minimum atomic E-state index is 0.354. The van der Waals surface area contributed by atoms with Crippen molar-refractivity contribution in [2.75, 3.05) is 7.05 Å². The number of nitrogens with one attached hydrogen (secondary N) is 1. The summed E-state index contributed by atoms with van der Waals surface area (Å²) >= 11 is 5.27. The van der Waals surface area contributed by atoms with E-state index in [1.54, 1.807) is 11.3 Å². The molecule has 0 aliphatic rings. The first-order valence-corrected chi connectivity index (χ1v) is 7.55. The molecule has 1 aromatic heterocycles. The lowest BCUT2D eigenvalue weighted by Crippen LogP contribution is -2.11. The Kier molecular flexibility index (Phi) is 4.20. The van der Waals surface area contributed by atoms with Crippen LogP contribution < -0.4 is 5.32 Å². The summed E-state index contributed by atoms with van der Waals surface area (Å²) in [5.41, 5.74) is 3.60. The Morgan fingerprint density at radius 3 is 2.67 bits per heavy atom. The van der Waals surface area contributed by atoms with E-state index in [-0.39, 0.29) is 0 Å². The number of aryl methyl sites for hydroxylation is 2. The average molecular weight is 325 g/mol.